The van der Waals surface area contributed by atoms with Crippen LogP contribution in [0.5, 0.6) is 0 Å². The van der Waals surface area contributed by atoms with Crippen LogP contribution >= 0.6 is 0 Å². The van der Waals surface area contributed by atoms with Gasteiger partial charge in [0.15, 0.2) is 0 Å². The number of carbonyl (C=O) groups excluding carboxylic acids is 8. The van der Waals surface area contributed by atoms with Crippen molar-refractivity contribution in [2.45, 2.75) is 96.6 Å². The highest BCUT2D eigenvalue weighted by atomic mass is 16.7. The second-order valence-corrected chi connectivity index (χ2v) is 26.3. The molecule has 4 aliphatic heterocycles. The molecule has 12 rings (SSSR count). The molecule has 8 aromatic rings. The third kappa shape index (κ3) is 22.0. The van der Waals surface area contributed by atoms with Crippen LogP contribution in [0, 0.1) is 0 Å². The Balaban J connectivity index is 1.03. The molecule has 8 heterocycles. The molecule has 0 saturated carbocycles. The Bertz CT molecular complexity index is 4740. The quantitative estimate of drug-likeness (QED) is 0.0563. The predicted octanol–water partition coefficient (Wildman–Crippen LogP) is 3.12. The first-order valence-corrected chi connectivity index (χ1v) is 35.5. The number of pyridine rings is 4. The minimum Gasteiger partial charge on any atom is -0.444 e. The van der Waals surface area contributed by atoms with Crippen LogP contribution in [0.3, 0.4) is 0 Å². The molecule has 4 aliphatic rings. The fourth-order valence-electron chi connectivity index (χ4n) is 11.7. The van der Waals surface area contributed by atoms with Crippen LogP contribution in [0.25, 0.3) is 0 Å². The molecule has 1 fully saturated rings. The zero-order valence-electron chi connectivity index (χ0n) is 60.4. The zero-order valence-corrected chi connectivity index (χ0v) is 60.4. The molecule has 0 aliphatic carbocycles. The first kappa shape index (κ1) is 78.9. The molecule has 6 N–H and O–H groups in total. The lowest BCUT2D eigenvalue weighted by atomic mass is 10.1. The second kappa shape index (κ2) is 38.6. The topological polar surface area (TPSA) is 368 Å². The molecule has 4 bridgehead atoms. The maximum absolute atomic E-state index is 15.7. The summed E-state index contributed by atoms with van der Waals surface area (Å²) in [6, 6.07) is 44.1. The van der Waals surface area contributed by atoms with Crippen LogP contribution in [-0.4, -0.2) is 172 Å². The van der Waals surface area contributed by atoms with Crippen molar-refractivity contribution in [2.24, 2.45) is 0 Å². The number of aromatic nitrogens is 4. The van der Waals surface area contributed by atoms with Crippen molar-refractivity contribution in [1.82, 2.24) is 60.6 Å². The predicted molar refractivity (Wildman–Crippen MR) is 395 cm³/mol. The first-order valence-electron chi connectivity index (χ1n) is 35.5. The minimum absolute atomic E-state index is 0.00624. The van der Waals surface area contributed by atoms with Gasteiger partial charge in [-0.25, -0.2) is 4.79 Å². The molecule has 4 aromatic heterocycles. The van der Waals surface area contributed by atoms with E-state index in [0.717, 1.165) is 21.6 Å². The number of ether oxygens (including phenoxy) is 3. The highest BCUT2D eigenvalue weighted by Crippen LogP contribution is 2.19. The summed E-state index contributed by atoms with van der Waals surface area (Å²) in [5.41, 5.74) is -3.93. The number of nitrogens with zero attached hydrogens (tertiary/aromatic N) is 6. The van der Waals surface area contributed by atoms with E-state index in [0.29, 0.717) is 31.7 Å². The van der Waals surface area contributed by atoms with Gasteiger partial charge >= 0.3 is 6.09 Å². The number of rotatable bonds is 21. The molecule has 0 radical (unpaired) electrons. The Morgan fingerprint density at radius 1 is 0.459 bits per heavy atom. The molecule has 31 heteroatoms. The molecule has 4 aromatic carbocycles. The summed E-state index contributed by atoms with van der Waals surface area (Å²) in [6.45, 7) is 2.78. The Morgan fingerprint density at radius 3 is 1.32 bits per heavy atom. The molecular formula is C78H86N12O19. The molecule has 109 heavy (non-hydrogen) atoms. The van der Waals surface area contributed by atoms with Gasteiger partial charge in [-0.1, -0.05) is 133 Å². The molecule has 1 unspecified atom stereocenters. The molecule has 31 nitrogen and oxygen atoms in total. The number of fused-ring (bicyclic) bond motifs is 2. The van der Waals surface area contributed by atoms with Crippen LogP contribution in [0.4, 0.5) is 4.79 Å². The fourth-order valence-corrected chi connectivity index (χ4v) is 11.7. The summed E-state index contributed by atoms with van der Waals surface area (Å²) in [7, 11) is 0. The third-order valence-corrected chi connectivity index (χ3v) is 17.2. The zero-order chi connectivity index (χ0) is 77.2. The van der Waals surface area contributed by atoms with E-state index in [9.17, 15) is 43.2 Å². The number of hydrogen-bond acceptors (Lipinski definition) is 19. The Labute approximate surface area is 625 Å². The van der Waals surface area contributed by atoms with E-state index in [4.69, 9.17) is 33.6 Å². The Kier molecular flexibility index (Phi) is 27.9. The van der Waals surface area contributed by atoms with Gasteiger partial charge in [0.05, 0.1) is 38.5 Å². The molecule has 3 atom stereocenters. The third-order valence-electron chi connectivity index (χ3n) is 17.2. The van der Waals surface area contributed by atoms with Gasteiger partial charge in [0.1, 0.15) is 72.0 Å². The van der Waals surface area contributed by atoms with Gasteiger partial charge in [-0.2, -0.15) is 0 Å². The highest BCUT2D eigenvalue weighted by Gasteiger charge is 2.36. The van der Waals surface area contributed by atoms with Crippen LogP contribution in [0.1, 0.15) is 131 Å². The van der Waals surface area contributed by atoms with Crippen LogP contribution in [0.2, 0.25) is 0 Å². The van der Waals surface area contributed by atoms with Gasteiger partial charge in [0.25, 0.3) is 57.7 Å². The number of hydrogen-bond donors (Lipinski definition) is 6. The smallest absolute Gasteiger partial charge is 0.407 e. The number of alkyl carbamates (subject to hydrolysis) is 1. The average molecular weight is 1500 g/mol. The normalized spacial score (nSPS) is 16.3. The summed E-state index contributed by atoms with van der Waals surface area (Å²) in [5.74, 6) is -5.93. The van der Waals surface area contributed by atoms with E-state index in [1.165, 1.54) is 58.3 Å². The van der Waals surface area contributed by atoms with Crippen molar-refractivity contribution >= 4 is 47.4 Å². The lowest BCUT2D eigenvalue weighted by Crippen LogP contribution is -2.53. The largest absolute Gasteiger partial charge is 0.444 e. The maximum Gasteiger partial charge on any atom is 0.407 e. The van der Waals surface area contributed by atoms with E-state index in [-0.39, 0.29) is 147 Å². The van der Waals surface area contributed by atoms with Crippen molar-refractivity contribution in [2.75, 3.05) is 72.2 Å². The first-order chi connectivity index (χ1) is 52.7. The molecule has 0 spiro atoms. The molecule has 572 valence electrons. The van der Waals surface area contributed by atoms with Gasteiger partial charge in [0, 0.05) is 57.9 Å². The van der Waals surface area contributed by atoms with E-state index in [2.05, 4.69) is 31.9 Å². The highest BCUT2D eigenvalue weighted by molar-refractivity contribution is 5.99. The summed E-state index contributed by atoms with van der Waals surface area (Å²) in [6.07, 6.45) is -1.08. The van der Waals surface area contributed by atoms with Crippen molar-refractivity contribution in [1.29, 1.82) is 0 Å². The number of nitrogens with one attached hydrogen (secondary N) is 6. The number of amides is 8. The van der Waals surface area contributed by atoms with E-state index in [1.54, 1.807) is 142 Å². The second-order valence-electron chi connectivity index (χ2n) is 26.3. The van der Waals surface area contributed by atoms with Crippen molar-refractivity contribution in [3.8, 4) is 0 Å². The van der Waals surface area contributed by atoms with Gasteiger partial charge < -0.3 is 75.3 Å². The van der Waals surface area contributed by atoms with Gasteiger partial charge in [-0.3, -0.25) is 52.7 Å². The van der Waals surface area contributed by atoms with Crippen molar-refractivity contribution in [3.63, 3.8) is 0 Å². The maximum atomic E-state index is 15.7. The Morgan fingerprint density at radius 2 is 0.872 bits per heavy atom. The van der Waals surface area contributed by atoms with Gasteiger partial charge in [0.2, 0.25) is 5.91 Å². The average Bonchev–Trinajstić information content (AvgIpc) is 1.66. The standard InChI is InChI=1S/C78H86N12O19/c1-78(2,3)109-77(102)82-41-46-103-45-40-81-70(95)61-31-18-42-85(75(100)64-29-16-32-66(91)87(64)105-47-53-21-8-4-9-22-53)43-19-38-79-71(96)62-36-34-57(73(98)89(62)107-49-55-25-12-6-13-26-55)68(93)83-59-51-104-52-60(59)84-69(94)58-35-37-63(90(74(58)99)108-50-56-27-14-7-15-28-56)72(97)80-39-20-44-86(61)76(101)65-30-17-33-67(92)88(65)106-48-54-23-10-5-11-24-54/h4-17,21-30,32-37,59-61H,18-20,31,38-52H2,1-3H3,(H,79,96)(H,80,97)(H,81,95)(H,82,102)(H,83,93)(H,84,94)/t59-,60+,61?/m1/s1. The number of benzene rings is 4. The van der Waals surface area contributed by atoms with E-state index in [1.807, 2.05) is 0 Å². The molecular weight excluding hydrogens is 1410 g/mol. The van der Waals surface area contributed by atoms with Crippen LogP contribution < -0.4 is 73.5 Å². The molecule has 1 saturated heterocycles. The van der Waals surface area contributed by atoms with Gasteiger partial charge in [-0.15, -0.1) is 18.9 Å². The van der Waals surface area contributed by atoms with Crippen molar-refractivity contribution < 1.29 is 71.9 Å². The summed E-state index contributed by atoms with van der Waals surface area (Å²) >= 11 is 0. The monoisotopic (exact) mass is 1490 g/mol. The lowest BCUT2D eigenvalue weighted by molar-refractivity contribution is -0.126. The van der Waals surface area contributed by atoms with E-state index >= 15 is 14.4 Å². The summed E-state index contributed by atoms with van der Waals surface area (Å²) < 4.78 is 19.8. The van der Waals surface area contributed by atoms with Crippen molar-refractivity contribution in [3.05, 3.63) is 280 Å². The fraction of sp³-hybridized carbons (Fsp3) is 0.333. The summed E-state index contributed by atoms with van der Waals surface area (Å²) in [5, 5.41) is 16.5. The number of carbonyl (C=O) groups is 8. The SMILES string of the molecule is CC(C)(C)OC(=O)NCCOCCNC(=O)C1CCCN(C(=O)c2cccc(=O)n2OCc2ccccc2)CCCNC(=O)c2ccc(c(=O)n2OCc2ccccc2)C(=O)N[C@@H]2COC[C@@H]2NC(=O)c2ccc(n(OCc3ccccc3)c2=O)C(=O)NCCCN1C(=O)c1cccc(=O)n1OCc1ccccc1. The molecule has 8 amide bonds. The Hall–Kier alpha value is -12.6. The van der Waals surface area contributed by atoms with Crippen LogP contribution in [-0.2, 0) is 45.4 Å². The van der Waals surface area contributed by atoms with E-state index < -0.39 is 105 Å². The van der Waals surface area contributed by atoms with Crippen LogP contribution in [0.15, 0.2) is 201 Å². The minimum atomic E-state index is -1.48. The summed E-state index contributed by atoms with van der Waals surface area (Å²) in [4.78, 5) is 200. The van der Waals surface area contributed by atoms with Gasteiger partial charge in [-0.05, 0) is 105 Å². The lowest BCUT2D eigenvalue weighted by Gasteiger charge is -2.32.